The van der Waals surface area contributed by atoms with E-state index in [-0.39, 0.29) is 11.7 Å². The summed E-state index contributed by atoms with van der Waals surface area (Å²) < 4.78 is 5.30. The van der Waals surface area contributed by atoms with Crippen LogP contribution in [0.5, 0.6) is 0 Å². The van der Waals surface area contributed by atoms with Crippen molar-refractivity contribution >= 4 is 11.5 Å². The number of ether oxygens (including phenoxy) is 1. The van der Waals surface area contributed by atoms with Crippen LogP contribution in [0.4, 0.5) is 11.5 Å². The third-order valence-corrected chi connectivity index (χ3v) is 2.99. The van der Waals surface area contributed by atoms with E-state index in [1.807, 2.05) is 0 Å². The zero-order valence-corrected chi connectivity index (χ0v) is 10.9. The molecule has 0 bridgehead atoms. The van der Waals surface area contributed by atoms with Gasteiger partial charge >= 0.3 is 0 Å². The minimum absolute atomic E-state index is 0.00591. The van der Waals surface area contributed by atoms with E-state index in [1.165, 1.54) is 12.3 Å². The van der Waals surface area contributed by atoms with Crippen molar-refractivity contribution < 1.29 is 9.66 Å². The van der Waals surface area contributed by atoms with Crippen LogP contribution in [0.2, 0.25) is 0 Å². The fourth-order valence-electron chi connectivity index (χ4n) is 2.05. The Morgan fingerprint density at radius 3 is 2.84 bits per heavy atom. The van der Waals surface area contributed by atoms with Gasteiger partial charge in [-0.3, -0.25) is 15.0 Å². The van der Waals surface area contributed by atoms with Gasteiger partial charge < -0.3 is 10.1 Å². The molecular weight excluding hydrogens is 248 g/mol. The molecule has 19 heavy (non-hydrogen) atoms. The van der Waals surface area contributed by atoms with Crippen molar-refractivity contribution in [3.8, 4) is 0 Å². The van der Waals surface area contributed by atoms with Crippen LogP contribution in [0.3, 0.4) is 0 Å². The van der Waals surface area contributed by atoms with Gasteiger partial charge in [-0.1, -0.05) is 0 Å². The second-order valence-corrected chi connectivity index (χ2v) is 4.62. The molecule has 2 rings (SSSR count). The van der Waals surface area contributed by atoms with Crippen LogP contribution in [-0.2, 0) is 4.74 Å². The number of hydrogen-bond acceptors (Lipinski definition) is 6. The molecule has 0 aromatic carbocycles. The fraction of sp³-hybridized carbons (Fsp3) is 0.583. The van der Waals surface area contributed by atoms with Gasteiger partial charge in [0.05, 0.1) is 18.1 Å². The molecule has 1 saturated heterocycles. The Morgan fingerprint density at radius 1 is 1.53 bits per heavy atom. The van der Waals surface area contributed by atoms with Crippen molar-refractivity contribution in [1.29, 1.82) is 0 Å². The van der Waals surface area contributed by atoms with Gasteiger partial charge in [-0.15, -0.1) is 0 Å². The number of nitrogens with zero attached hydrogens (tertiary/aromatic N) is 3. The number of aromatic nitrogens is 1. The zero-order chi connectivity index (χ0) is 13.7. The molecule has 1 aliphatic rings. The number of hydrogen-bond donors (Lipinski definition) is 1. The maximum absolute atomic E-state index is 10.5. The predicted octanol–water partition coefficient (Wildman–Crippen LogP) is 1.12. The molecule has 0 radical (unpaired) electrons. The Hall–Kier alpha value is -1.73. The van der Waals surface area contributed by atoms with Crippen LogP contribution in [0.15, 0.2) is 18.3 Å². The summed E-state index contributed by atoms with van der Waals surface area (Å²) in [5.74, 6) is 0.659. The summed E-state index contributed by atoms with van der Waals surface area (Å²) in [4.78, 5) is 16.4. The van der Waals surface area contributed by atoms with Gasteiger partial charge in [-0.2, -0.15) is 0 Å². The van der Waals surface area contributed by atoms with Crippen LogP contribution >= 0.6 is 0 Å². The maximum Gasteiger partial charge on any atom is 0.287 e. The van der Waals surface area contributed by atoms with Gasteiger partial charge in [-0.05, 0) is 13.0 Å². The second-order valence-electron chi connectivity index (χ2n) is 4.62. The summed E-state index contributed by atoms with van der Waals surface area (Å²) in [6.45, 7) is 6.42. The molecule has 1 N–H and O–H groups in total. The summed E-state index contributed by atoms with van der Waals surface area (Å²) in [6.07, 6.45) is 1.27. The van der Waals surface area contributed by atoms with Crippen LogP contribution in [0.1, 0.15) is 6.92 Å². The van der Waals surface area contributed by atoms with Gasteiger partial charge in [0.2, 0.25) is 0 Å². The molecule has 7 heteroatoms. The lowest BCUT2D eigenvalue weighted by molar-refractivity contribution is -0.385. The quantitative estimate of drug-likeness (QED) is 0.635. The Bertz CT molecular complexity index is 417. The molecule has 0 aliphatic carbocycles. The normalized spacial score (nSPS) is 17.9. The minimum atomic E-state index is -0.450. The monoisotopic (exact) mass is 266 g/mol. The number of nitrogens with one attached hydrogen (secondary N) is 1. The highest BCUT2D eigenvalue weighted by atomic mass is 16.6. The topological polar surface area (TPSA) is 80.5 Å². The van der Waals surface area contributed by atoms with Crippen molar-refractivity contribution in [1.82, 2.24) is 9.88 Å². The molecule has 0 amide bonds. The van der Waals surface area contributed by atoms with Crippen LogP contribution in [0, 0.1) is 10.1 Å². The van der Waals surface area contributed by atoms with Crippen molar-refractivity contribution in [3.63, 3.8) is 0 Å². The lowest BCUT2D eigenvalue weighted by Crippen LogP contribution is -2.42. The second kappa shape index (κ2) is 6.44. The summed E-state index contributed by atoms with van der Waals surface area (Å²) >= 11 is 0. The molecule has 2 heterocycles. The summed E-state index contributed by atoms with van der Waals surface area (Å²) in [7, 11) is 0. The van der Waals surface area contributed by atoms with Crippen LogP contribution < -0.4 is 5.32 Å². The average Bonchev–Trinajstić information content (AvgIpc) is 2.40. The van der Waals surface area contributed by atoms with E-state index < -0.39 is 4.92 Å². The molecule has 0 saturated carbocycles. The molecule has 1 atom stereocenters. The first kappa shape index (κ1) is 13.7. The van der Waals surface area contributed by atoms with E-state index in [2.05, 4.69) is 22.1 Å². The van der Waals surface area contributed by atoms with Crippen molar-refractivity contribution in [2.75, 3.05) is 38.2 Å². The molecule has 104 valence electrons. The largest absolute Gasteiger partial charge is 0.379 e. The van der Waals surface area contributed by atoms with Crippen LogP contribution in [0.25, 0.3) is 0 Å². The standard InChI is InChI=1S/C12H18N4O3/c1-10(9-15-4-6-19-7-5-15)14-12-3-2-11(8-13-12)16(17)18/h2-3,8,10H,4-7,9H2,1H3,(H,13,14). The first-order chi connectivity index (χ1) is 9.15. The number of pyridine rings is 1. The Labute approximate surface area is 111 Å². The van der Waals surface area contributed by atoms with E-state index in [4.69, 9.17) is 4.74 Å². The van der Waals surface area contributed by atoms with E-state index in [0.29, 0.717) is 5.82 Å². The highest BCUT2D eigenvalue weighted by Crippen LogP contribution is 2.12. The average molecular weight is 266 g/mol. The minimum Gasteiger partial charge on any atom is -0.379 e. The fourth-order valence-corrected chi connectivity index (χ4v) is 2.05. The summed E-state index contributed by atoms with van der Waals surface area (Å²) in [6, 6.07) is 3.32. The first-order valence-electron chi connectivity index (χ1n) is 6.32. The van der Waals surface area contributed by atoms with Crippen molar-refractivity contribution in [2.24, 2.45) is 0 Å². The SMILES string of the molecule is CC(CN1CCOCC1)Nc1ccc([N+](=O)[O-])cn1. The van der Waals surface area contributed by atoms with Gasteiger partial charge in [0.25, 0.3) is 5.69 Å². The number of morpholine rings is 1. The highest BCUT2D eigenvalue weighted by molar-refractivity contribution is 5.40. The summed E-state index contributed by atoms with van der Waals surface area (Å²) in [5, 5.41) is 13.8. The lowest BCUT2D eigenvalue weighted by atomic mass is 10.3. The molecule has 1 fully saturated rings. The molecule has 7 nitrogen and oxygen atoms in total. The zero-order valence-electron chi connectivity index (χ0n) is 10.9. The number of anilines is 1. The number of rotatable bonds is 5. The molecule has 1 aliphatic heterocycles. The predicted molar refractivity (Wildman–Crippen MR) is 71.2 cm³/mol. The molecule has 1 unspecified atom stereocenters. The first-order valence-corrected chi connectivity index (χ1v) is 6.32. The van der Waals surface area contributed by atoms with Gasteiger partial charge in [0.1, 0.15) is 12.0 Å². The maximum atomic E-state index is 10.5. The Kier molecular flexibility index (Phi) is 4.64. The highest BCUT2D eigenvalue weighted by Gasteiger charge is 2.14. The van der Waals surface area contributed by atoms with Gasteiger partial charge in [0.15, 0.2) is 0 Å². The third-order valence-electron chi connectivity index (χ3n) is 2.99. The van der Waals surface area contributed by atoms with Gasteiger partial charge in [0, 0.05) is 31.7 Å². The van der Waals surface area contributed by atoms with Crippen molar-refractivity contribution in [3.05, 3.63) is 28.4 Å². The molecule has 1 aromatic rings. The van der Waals surface area contributed by atoms with E-state index >= 15 is 0 Å². The van der Waals surface area contributed by atoms with E-state index in [1.54, 1.807) is 6.07 Å². The smallest absolute Gasteiger partial charge is 0.287 e. The Morgan fingerprint density at radius 2 is 2.26 bits per heavy atom. The third kappa shape index (κ3) is 4.15. The molecule has 1 aromatic heterocycles. The van der Waals surface area contributed by atoms with Crippen molar-refractivity contribution in [2.45, 2.75) is 13.0 Å². The van der Waals surface area contributed by atoms with E-state index in [0.717, 1.165) is 32.8 Å². The van der Waals surface area contributed by atoms with Gasteiger partial charge in [-0.25, -0.2) is 4.98 Å². The lowest BCUT2D eigenvalue weighted by Gasteiger charge is -2.29. The molecular formula is C12H18N4O3. The number of nitro groups is 1. The molecule has 0 spiro atoms. The Balaban J connectivity index is 1.83. The van der Waals surface area contributed by atoms with Crippen LogP contribution in [-0.4, -0.2) is 53.7 Å². The summed E-state index contributed by atoms with van der Waals surface area (Å²) in [5.41, 5.74) is 0.00591. The van der Waals surface area contributed by atoms with E-state index in [9.17, 15) is 10.1 Å².